The zero-order chi connectivity index (χ0) is 25.6. The van der Waals surface area contributed by atoms with Crippen molar-refractivity contribution in [2.45, 2.75) is 90.9 Å². The molecule has 1 saturated carbocycles. The van der Waals surface area contributed by atoms with E-state index in [1.54, 1.807) is 11.1 Å². The number of hydrogen-bond acceptors (Lipinski definition) is 2. The molecule has 0 amide bonds. The number of unbranched alkanes of at least 4 members (excludes halogenated alkanes) is 1. The Morgan fingerprint density at radius 1 is 1.06 bits per heavy atom. The largest absolute Gasteiger partial charge is 0.402 e. The van der Waals surface area contributed by atoms with Crippen LogP contribution in [0.4, 0.5) is 0 Å². The summed E-state index contributed by atoms with van der Waals surface area (Å²) in [5, 5.41) is 0. The molecule has 0 aromatic rings. The standard InChI is InChI=1S/C34H52N2/c1-3-27(2)13-6-8-16-31(36)17-9-7-15-29-24-25-33(34-19-11-10-18-32(29)34)30-22-20-28(21-23-30)14-5-4-12-26-35/h4-6,8,10-12,14,17-19,27-30,32H,3,7,9,13,15-16,20-26,35-36H2,1-2H3/b8-6-,12-4-,14-5+,31-17-. The molecule has 0 spiro atoms. The van der Waals surface area contributed by atoms with Crippen molar-refractivity contribution in [2.24, 2.45) is 41.1 Å². The third-order valence-electron chi connectivity index (χ3n) is 8.70. The minimum absolute atomic E-state index is 0.624. The Balaban J connectivity index is 1.47. The molecule has 4 N–H and O–H groups in total. The summed E-state index contributed by atoms with van der Waals surface area (Å²) in [5.41, 5.74) is 16.3. The summed E-state index contributed by atoms with van der Waals surface area (Å²) in [6.45, 7) is 5.19. The van der Waals surface area contributed by atoms with Crippen molar-refractivity contribution in [1.29, 1.82) is 0 Å². The minimum Gasteiger partial charge on any atom is -0.402 e. The van der Waals surface area contributed by atoms with Crippen molar-refractivity contribution in [1.82, 2.24) is 0 Å². The highest BCUT2D eigenvalue weighted by Crippen LogP contribution is 2.46. The van der Waals surface area contributed by atoms with Crippen molar-refractivity contribution < 1.29 is 0 Å². The van der Waals surface area contributed by atoms with E-state index >= 15 is 0 Å². The molecular weight excluding hydrogens is 436 g/mol. The van der Waals surface area contributed by atoms with E-state index in [4.69, 9.17) is 11.5 Å². The van der Waals surface area contributed by atoms with E-state index in [9.17, 15) is 0 Å². The van der Waals surface area contributed by atoms with Crippen LogP contribution in [0.3, 0.4) is 0 Å². The summed E-state index contributed by atoms with van der Waals surface area (Å²) in [4.78, 5) is 0. The van der Waals surface area contributed by atoms with Crippen LogP contribution in [-0.2, 0) is 0 Å². The number of fused-ring (bicyclic) bond motifs is 1. The fourth-order valence-electron chi connectivity index (χ4n) is 6.22. The van der Waals surface area contributed by atoms with Crippen LogP contribution in [0, 0.1) is 29.6 Å². The zero-order valence-corrected chi connectivity index (χ0v) is 23.1. The molecule has 0 radical (unpaired) electrons. The maximum Gasteiger partial charge on any atom is 0.0109 e. The molecule has 198 valence electrons. The molecule has 1 fully saturated rings. The lowest BCUT2D eigenvalue weighted by molar-refractivity contribution is 0.300. The Bertz CT molecular complexity index is 858. The first-order valence-electron chi connectivity index (χ1n) is 14.8. The molecule has 0 saturated heterocycles. The van der Waals surface area contributed by atoms with Gasteiger partial charge in [0.2, 0.25) is 0 Å². The first-order chi connectivity index (χ1) is 17.6. The molecule has 3 aliphatic carbocycles. The molecule has 3 aliphatic rings. The van der Waals surface area contributed by atoms with E-state index in [0.717, 1.165) is 48.6 Å². The van der Waals surface area contributed by atoms with E-state index in [1.165, 1.54) is 57.8 Å². The number of hydrogen-bond donors (Lipinski definition) is 2. The Morgan fingerprint density at radius 3 is 2.67 bits per heavy atom. The highest BCUT2D eigenvalue weighted by Gasteiger charge is 2.33. The van der Waals surface area contributed by atoms with Gasteiger partial charge in [0.05, 0.1) is 0 Å². The van der Waals surface area contributed by atoms with Crippen LogP contribution < -0.4 is 11.5 Å². The average Bonchev–Trinajstić information content (AvgIpc) is 2.91. The minimum atomic E-state index is 0.624. The molecule has 3 rings (SSSR count). The highest BCUT2D eigenvalue weighted by molar-refractivity contribution is 5.40. The van der Waals surface area contributed by atoms with Gasteiger partial charge in [-0.15, -0.1) is 0 Å². The van der Waals surface area contributed by atoms with Crippen molar-refractivity contribution >= 4 is 0 Å². The normalized spacial score (nSPS) is 28.0. The van der Waals surface area contributed by atoms with Crippen LogP contribution in [0.2, 0.25) is 0 Å². The van der Waals surface area contributed by atoms with Crippen molar-refractivity contribution in [3.63, 3.8) is 0 Å². The molecular formula is C34H52N2. The molecule has 0 aromatic heterocycles. The van der Waals surface area contributed by atoms with E-state index in [-0.39, 0.29) is 0 Å². The molecule has 3 unspecified atom stereocenters. The molecule has 0 heterocycles. The maximum atomic E-state index is 6.27. The van der Waals surface area contributed by atoms with Gasteiger partial charge in [0, 0.05) is 24.6 Å². The van der Waals surface area contributed by atoms with Gasteiger partial charge in [-0.3, -0.25) is 0 Å². The van der Waals surface area contributed by atoms with Crippen molar-refractivity contribution in [3.8, 4) is 0 Å². The van der Waals surface area contributed by atoms with Gasteiger partial charge in [-0.25, -0.2) is 0 Å². The topological polar surface area (TPSA) is 52.0 Å². The lowest BCUT2D eigenvalue weighted by Gasteiger charge is -2.39. The predicted molar refractivity (Wildman–Crippen MR) is 158 cm³/mol. The fourth-order valence-corrected chi connectivity index (χ4v) is 6.22. The van der Waals surface area contributed by atoms with E-state index < -0.39 is 0 Å². The van der Waals surface area contributed by atoms with Crippen LogP contribution in [0.5, 0.6) is 0 Å². The average molecular weight is 489 g/mol. The molecule has 0 aliphatic heterocycles. The molecule has 36 heavy (non-hydrogen) atoms. The van der Waals surface area contributed by atoms with Crippen LogP contribution >= 0.6 is 0 Å². The summed E-state index contributed by atoms with van der Waals surface area (Å²) < 4.78 is 0. The summed E-state index contributed by atoms with van der Waals surface area (Å²) >= 11 is 0. The van der Waals surface area contributed by atoms with Crippen LogP contribution in [-0.4, -0.2) is 6.54 Å². The maximum absolute atomic E-state index is 6.27. The second-order valence-corrected chi connectivity index (χ2v) is 11.3. The predicted octanol–water partition coefficient (Wildman–Crippen LogP) is 8.71. The Labute approximate surface area is 222 Å². The number of rotatable bonds is 13. The molecule has 2 heteroatoms. The van der Waals surface area contributed by atoms with Crippen molar-refractivity contribution in [2.75, 3.05) is 6.54 Å². The molecule has 2 nitrogen and oxygen atoms in total. The van der Waals surface area contributed by atoms with Crippen molar-refractivity contribution in [3.05, 3.63) is 83.7 Å². The van der Waals surface area contributed by atoms with Gasteiger partial charge in [-0.2, -0.15) is 0 Å². The summed E-state index contributed by atoms with van der Waals surface area (Å²) in [7, 11) is 0. The Hall–Kier alpha value is -2.06. The summed E-state index contributed by atoms with van der Waals surface area (Å²) in [5.74, 6) is 3.71. The van der Waals surface area contributed by atoms with Gasteiger partial charge in [-0.1, -0.05) is 92.7 Å². The monoisotopic (exact) mass is 488 g/mol. The second-order valence-electron chi connectivity index (χ2n) is 11.3. The van der Waals surface area contributed by atoms with Crippen LogP contribution in [0.25, 0.3) is 0 Å². The summed E-state index contributed by atoms with van der Waals surface area (Å²) in [6.07, 6.45) is 40.0. The van der Waals surface area contributed by atoms with E-state index in [1.807, 2.05) is 6.08 Å². The van der Waals surface area contributed by atoms with E-state index in [2.05, 4.69) is 74.6 Å². The lowest BCUT2D eigenvalue weighted by atomic mass is 9.66. The lowest BCUT2D eigenvalue weighted by Crippen LogP contribution is -2.26. The highest BCUT2D eigenvalue weighted by atomic mass is 14.6. The summed E-state index contributed by atoms with van der Waals surface area (Å²) in [6, 6.07) is 0. The van der Waals surface area contributed by atoms with Gasteiger partial charge in [-0.05, 0) is 93.5 Å². The number of nitrogens with two attached hydrogens (primary N) is 2. The zero-order valence-electron chi connectivity index (χ0n) is 23.1. The SMILES string of the molecule is CCC(C)C/C=C\C/C(N)=C/CCCC1CCC(C2CCC(/C=C/C=C\CN)CC2)=C2C=CC=CC21. The molecule has 0 aromatic carbocycles. The van der Waals surface area contributed by atoms with Gasteiger partial charge in [0.15, 0.2) is 0 Å². The Kier molecular flexibility index (Phi) is 12.6. The van der Waals surface area contributed by atoms with Crippen LogP contribution in [0.15, 0.2) is 83.7 Å². The van der Waals surface area contributed by atoms with E-state index in [0.29, 0.717) is 12.5 Å². The van der Waals surface area contributed by atoms with Gasteiger partial charge >= 0.3 is 0 Å². The smallest absolute Gasteiger partial charge is 0.0109 e. The Morgan fingerprint density at radius 2 is 1.89 bits per heavy atom. The third kappa shape index (κ3) is 9.11. The first kappa shape index (κ1) is 28.5. The molecule has 3 atom stereocenters. The second kappa shape index (κ2) is 15.9. The van der Waals surface area contributed by atoms with Crippen LogP contribution in [0.1, 0.15) is 90.9 Å². The van der Waals surface area contributed by atoms with Gasteiger partial charge in [0.25, 0.3) is 0 Å². The quantitative estimate of drug-likeness (QED) is 0.155. The first-order valence-corrected chi connectivity index (χ1v) is 14.8. The third-order valence-corrected chi connectivity index (χ3v) is 8.70. The molecule has 0 bridgehead atoms. The van der Waals surface area contributed by atoms with Gasteiger partial charge in [0.1, 0.15) is 0 Å². The fraction of sp³-hybridized carbons (Fsp3) is 0.588. The van der Waals surface area contributed by atoms with Gasteiger partial charge < -0.3 is 11.5 Å². The number of allylic oxidation sites excluding steroid dienone is 12.